The molecule has 0 aliphatic rings. The Bertz CT molecular complexity index is 1490. The van der Waals surface area contributed by atoms with Crippen molar-refractivity contribution >= 4 is 34.1 Å². The number of aromatic nitrogens is 2. The molecule has 4 aromatic rings. The normalized spacial score (nSPS) is 11.8. The molecule has 1 amide bonds. The molecule has 1 heterocycles. The molecule has 34 heavy (non-hydrogen) atoms. The van der Waals surface area contributed by atoms with Crippen molar-refractivity contribution in [2.24, 2.45) is 0 Å². The third-order valence-electron chi connectivity index (χ3n) is 5.50. The molecule has 0 aliphatic heterocycles. The average Bonchev–Trinajstić information content (AvgIpc) is 2.84. The van der Waals surface area contributed by atoms with E-state index in [1.165, 1.54) is 23.8 Å². The lowest BCUT2D eigenvalue weighted by Crippen LogP contribution is -2.42. The summed E-state index contributed by atoms with van der Waals surface area (Å²) in [6.45, 7) is 1.58. The van der Waals surface area contributed by atoms with Crippen molar-refractivity contribution in [3.8, 4) is 17.2 Å². The molecule has 0 aliphatic carbocycles. The standard InChI is InChI=1S/C25H22ClN3O5/c1-15(23(30)27-17-9-11-18(33-2)12-10-17)28-21-14-16(26)8-13-19(21)24(31)29(25(28)32)20-6-4-5-7-22(20)34-3/h4-15H,1-3H3,(H,27,30). The van der Waals surface area contributed by atoms with Crippen LogP contribution in [-0.4, -0.2) is 29.3 Å². The molecular formula is C25H22ClN3O5. The first kappa shape index (κ1) is 23.1. The average molecular weight is 480 g/mol. The monoisotopic (exact) mass is 479 g/mol. The van der Waals surface area contributed by atoms with Gasteiger partial charge in [0.05, 0.1) is 30.8 Å². The molecule has 8 nitrogen and oxygen atoms in total. The number of methoxy groups -OCH3 is 2. The van der Waals surface area contributed by atoms with Crippen LogP contribution in [-0.2, 0) is 4.79 Å². The fourth-order valence-corrected chi connectivity index (χ4v) is 3.91. The van der Waals surface area contributed by atoms with Gasteiger partial charge in [-0.05, 0) is 61.5 Å². The van der Waals surface area contributed by atoms with E-state index in [4.69, 9.17) is 21.1 Å². The van der Waals surface area contributed by atoms with Crippen LogP contribution < -0.4 is 26.0 Å². The summed E-state index contributed by atoms with van der Waals surface area (Å²) < 4.78 is 12.8. The van der Waals surface area contributed by atoms with Crippen molar-refractivity contribution in [3.05, 3.63) is 92.6 Å². The second-order valence-electron chi connectivity index (χ2n) is 7.52. The molecule has 1 atom stereocenters. The van der Waals surface area contributed by atoms with Crippen molar-refractivity contribution in [1.82, 2.24) is 9.13 Å². The second kappa shape index (κ2) is 9.44. The van der Waals surface area contributed by atoms with Gasteiger partial charge < -0.3 is 14.8 Å². The molecule has 1 aromatic heterocycles. The highest BCUT2D eigenvalue weighted by atomic mass is 35.5. The molecular weight excluding hydrogens is 458 g/mol. The highest BCUT2D eigenvalue weighted by Crippen LogP contribution is 2.24. The van der Waals surface area contributed by atoms with Gasteiger partial charge >= 0.3 is 5.69 Å². The first-order chi connectivity index (χ1) is 16.3. The zero-order chi connectivity index (χ0) is 24.4. The summed E-state index contributed by atoms with van der Waals surface area (Å²) in [5, 5.41) is 3.36. The van der Waals surface area contributed by atoms with Crippen LogP contribution in [0.4, 0.5) is 5.69 Å². The minimum Gasteiger partial charge on any atom is -0.497 e. The van der Waals surface area contributed by atoms with Crippen LogP contribution in [0, 0.1) is 0 Å². The molecule has 4 rings (SSSR count). The van der Waals surface area contributed by atoms with Gasteiger partial charge in [-0.2, -0.15) is 0 Å². The summed E-state index contributed by atoms with van der Waals surface area (Å²) >= 11 is 6.19. The number of para-hydroxylation sites is 2. The quantitative estimate of drug-likeness (QED) is 0.451. The highest BCUT2D eigenvalue weighted by molar-refractivity contribution is 6.31. The first-order valence-corrected chi connectivity index (χ1v) is 10.8. The lowest BCUT2D eigenvalue weighted by molar-refractivity contribution is -0.118. The molecule has 0 bridgehead atoms. The van der Waals surface area contributed by atoms with E-state index in [-0.39, 0.29) is 16.6 Å². The molecule has 0 spiro atoms. The predicted molar refractivity (Wildman–Crippen MR) is 132 cm³/mol. The minimum absolute atomic E-state index is 0.235. The number of nitrogens with zero attached hydrogens (tertiary/aromatic N) is 2. The van der Waals surface area contributed by atoms with Gasteiger partial charge in [0.2, 0.25) is 5.91 Å². The molecule has 3 aromatic carbocycles. The zero-order valence-electron chi connectivity index (χ0n) is 18.7. The fourth-order valence-electron chi connectivity index (χ4n) is 3.74. The van der Waals surface area contributed by atoms with E-state index < -0.39 is 23.2 Å². The lowest BCUT2D eigenvalue weighted by atomic mass is 10.2. The molecule has 1 N–H and O–H groups in total. The van der Waals surface area contributed by atoms with Crippen molar-refractivity contribution in [3.63, 3.8) is 0 Å². The number of carbonyl (C=O) groups is 1. The van der Waals surface area contributed by atoms with E-state index >= 15 is 0 Å². The van der Waals surface area contributed by atoms with Crippen LogP contribution >= 0.6 is 11.6 Å². The van der Waals surface area contributed by atoms with Crippen molar-refractivity contribution in [2.45, 2.75) is 13.0 Å². The lowest BCUT2D eigenvalue weighted by Gasteiger charge is -2.20. The van der Waals surface area contributed by atoms with Gasteiger partial charge in [0.1, 0.15) is 17.5 Å². The Morgan fingerprint density at radius 1 is 0.971 bits per heavy atom. The molecule has 9 heteroatoms. The largest absolute Gasteiger partial charge is 0.497 e. The molecule has 0 fully saturated rings. The Morgan fingerprint density at radius 3 is 2.35 bits per heavy atom. The van der Waals surface area contributed by atoms with Gasteiger partial charge in [-0.25, -0.2) is 9.36 Å². The van der Waals surface area contributed by atoms with Gasteiger partial charge in [-0.15, -0.1) is 0 Å². The number of fused-ring (bicyclic) bond motifs is 1. The van der Waals surface area contributed by atoms with Crippen LogP contribution in [0.5, 0.6) is 11.5 Å². The number of nitrogens with one attached hydrogen (secondary N) is 1. The number of hydrogen-bond acceptors (Lipinski definition) is 5. The van der Waals surface area contributed by atoms with Crippen molar-refractivity contribution < 1.29 is 14.3 Å². The van der Waals surface area contributed by atoms with E-state index in [0.29, 0.717) is 22.2 Å². The topological polar surface area (TPSA) is 91.6 Å². The van der Waals surface area contributed by atoms with Gasteiger partial charge in [0.25, 0.3) is 5.56 Å². The maximum atomic E-state index is 13.7. The van der Waals surface area contributed by atoms with Crippen molar-refractivity contribution in [2.75, 3.05) is 19.5 Å². The number of rotatable bonds is 6. The third-order valence-corrected chi connectivity index (χ3v) is 5.74. The molecule has 0 radical (unpaired) electrons. The van der Waals surface area contributed by atoms with Gasteiger partial charge in [0, 0.05) is 10.7 Å². The molecule has 0 saturated heterocycles. The van der Waals surface area contributed by atoms with Gasteiger partial charge in [-0.3, -0.25) is 14.2 Å². The number of anilines is 1. The number of benzene rings is 3. The fraction of sp³-hybridized carbons (Fsp3) is 0.160. The third kappa shape index (κ3) is 4.15. The number of amides is 1. The number of hydrogen-bond donors (Lipinski definition) is 1. The van der Waals surface area contributed by atoms with Crippen LogP contribution in [0.25, 0.3) is 16.6 Å². The molecule has 0 saturated carbocycles. The Hall–Kier alpha value is -4.04. The maximum absolute atomic E-state index is 13.7. The van der Waals surface area contributed by atoms with E-state index in [9.17, 15) is 14.4 Å². The zero-order valence-corrected chi connectivity index (χ0v) is 19.5. The second-order valence-corrected chi connectivity index (χ2v) is 7.96. The maximum Gasteiger partial charge on any atom is 0.337 e. The summed E-state index contributed by atoms with van der Waals surface area (Å²) in [6.07, 6.45) is 0. The van der Waals surface area contributed by atoms with E-state index in [0.717, 1.165) is 4.57 Å². The highest BCUT2D eigenvalue weighted by Gasteiger charge is 2.24. The van der Waals surface area contributed by atoms with Crippen LogP contribution in [0.15, 0.2) is 76.3 Å². The van der Waals surface area contributed by atoms with Gasteiger partial charge in [0.15, 0.2) is 0 Å². The van der Waals surface area contributed by atoms with E-state index in [2.05, 4.69) is 5.32 Å². The SMILES string of the molecule is COc1ccc(NC(=O)C(C)n2c(=O)n(-c3ccccc3OC)c(=O)c3ccc(Cl)cc32)cc1. The van der Waals surface area contributed by atoms with Crippen LogP contribution in [0.1, 0.15) is 13.0 Å². The van der Waals surface area contributed by atoms with Crippen LogP contribution in [0.2, 0.25) is 5.02 Å². The molecule has 174 valence electrons. The predicted octanol–water partition coefficient (Wildman–Crippen LogP) is 4.02. The minimum atomic E-state index is -0.975. The number of carbonyl (C=O) groups excluding carboxylic acids is 1. The summed E-state index contributed by atoms with van der Waals surface area (Å²) in [6, 6.07) is 17.1. The first-order valence-electron chi connectivity index (χ1n) is 10.4. The Kier molecular flexibility index (Phi) is 6.43. The van der Waals surface area contributed by atoms with E-state index in [1.807, 2.05) is 0 Å². The Balaban J connectivity index is 1.90. The summed E-state index contributed by atoms with van der Waals surface area (Å²) in [5.74, 6) is 0.544. The Labute approximate surface area is 199 Å². The Morgan fingerprint density at radius 2 is 1.68 bits per heavy atom. The smallest absolute Gasteiger partial charge is 0.337 e. The molecule has 1 unspecified atom stereocenters. The number of halogens is 1. The van der Waals surface area contributed by atoms with Crippen molar-refractivity contribution in [1.29, 1.82) is 0 Å². The van der Waals surface area contributed by atoms with Gasteiger partial charge in [-0.1, -0.05) is 23.7 Å². The summed E-state index contributed by atoms with van der Waals surface area (Å²) in [7, 11) is 3.00. The number of ether oxygens (including phenoxy) is 2. The summed E-state index contributed by atoms with van der Waals surface area (Å²) in [5.41, 5.74) is -0.174. The van der Waals surface area contributed by atoms with E-state index in [1.54, 1.807) is 68.6 Å². The van der Waals surface area contributed by atoms with Crippen LogP contribution in [0.3, 0.4) is 0 Å². The summed E-state index contributed by atoms with van der Waals surface area (Å²) in [4.78, 5) is 40.2.